The van der Waals surface area contributed by atoms with E-state index in [9.17, 15) is 0 Å². The highest BCUT2D eigenvalue weighted by atomic mass is 15.3. The van der Waals surface area contributed by atoms with Crippen LogP contribution in [0.25, 0.3) is 0 Å². The van der Waals surface area contributed by atoms with Gasteiger partial charge in [-0.2, -0.15) is 0 Å². The van der Waals surface area contributed by atoms with Gasteiger partial charge in [0, 0.05) is 31.7 Å². The van der Waals surface area contributed by atoms with E-state index in [4.69, 9.17) is 5.73 Å². The van der Waals surface area contributed by atoms with Gasteiger partial charge in [0.2, 0.25) is 0 Å². The predicted octanol–water partition coefficient (Wildman–Crippen LogP) is 2.50. The summed E-state index contributed by atoms with van der Waals surface area (Å²) in [4.78, 5) is 4.96. The molecule has 0 bridgehead atoms. The van der Waals surface area contributed by atoms with Crippen LogP contribution in [0.5, 0.6) is 0 Å². The van der Waals surface area contributed by atoms with Crippen molar-refractivity contribution in [3.8, 4) is 0 Å². The second-order valence-corrected chi connectivity index (χ2v) is 6.16. The Morgan fingerprint density at radius 3 is 2.17 bits per heavy atom. The van der Waals surface area contributed by atoms with E-state index in [-0.39, 0.29) is 5.54 Å². The number of para-hydroxylation sites is 1. The van der Waals surface area contributed by atoms with E-state index in [0.717, 1.165) is 31.9 Å². The quantitative estimate of drug-likeness (QED) is 0.774. The fraction of sp³-hybridized carbons (Fsp3) is 0.600. The monoisotopic (exact) mass is 247 g/mol. The summed E-state index contributed by atoms with van der Waals surface area (Å²) < 4.78 is 0. The molecule has 0 saturated carbocycles. The molecule has 1 aromatic rings. The van der Waals surface area contributed by atoms with E-state index in [2.05, 4.69) is 43.6 Å². The van der Waals surface area contributed by atoms with Gasteiger partial charge >= 0.3 is 0 Å². The van der Waals surface area contributed by atoms with Crippen LogP contribution in [0.15, 0.2) is 18.2 Å². The molecule has 1 fully saturated rings. The minimum Gasteiger partial charge on any atom is -0.397 e. The molecular weight excluding hydrogens is 222 g/mol. The van der Waals surface area contributed by atoms with Gasteiger partial charge in [-0.3, -0.25) is 4.90 Å². The molecule has 1 heterocycles. The number of nitrogens with zero attached hydrogens (tertiary/aromatic N) is 2. The molecule has 1 aliphatic heterocycles. The van der Waals surface area contributed by atoms with Gasteiger partial charge in [-0.1, -0.05) is 12.1 Å². The third-order valence-corrected chi connectivity index (χ3v) is 3.81. The second kappa shape index (κ2) is 4.81. The van der Waals surface area contributed by atoms with E-state index < -0.39 is 0 Å². The molecule has 0 aromatic heterocycles. The minimum atomic E-state index is 0.267. The Bertz CT molecular complexity index is 392. The fourth-order valence-corrected chi connectivity index (χ4v) is 2.71. The number of aryl methyl sites for hydroxylation is 1. The first-order chi connectivity index (χ1) is 8.39. The lowest BCUT2D eigenvalue weighted by atomic mass is 10.0. The average Bonchev–Trinajstić information content (AvgIpc) is 2.28. The van der Waals surface area contributed by atoms with Crippen molar-refractivity contribution in [1.29, 1.82) is 0 Å². The number of nitrogens with two attached hydrogens (primary N) is 1. The highest BCUT2D eigenvalue weighted by molar-refractivity contribution is 5.71. The zero-order chi connectivity index (χ0) is 13.3. The lowest BCUT2D eigenvalue weighted by molar-refractivity contribution is 0.128. The first kappa shape index (κ1) is 13.2. The van der Waals surface area contributed by atoms with Gasteiger partial charge in [-0.25, -0.2) is 0 Å². The van der Waals surface area contributed by atoms with Crippen molar-refractivity contribution < 1.29 is 0 Å². The molecule has 0 amide bonds. The van der Waals surface area contributed by atoms with Crippen molar-refractivity contribution in [3.63, 3.8) is 0 Å². The van der Waals surface area contributed by atoms with Crippen molar-refractivity contribution in [2.45, 2.75) is 33.2 Å². The van der Waals surface area contributed by atoms with Crippen LogP contribution in [-0.2, 0) is 0 Å². The minimum absolute atomic E-state index is 0.267. The Balaban J connectivity index is 2.11. The van der Waals surface area contributed by atoms with Crippen LogP contribution in [0.1, 0.15) is 26.3 Å². The molecule has 0 atom stereocenters. The normalized spacial score (nSPS) is 18.1. The molecule has 2 N–H and O–H groups in total. The standard InChI is InChI=1S/C15H25N3/c1-12-6-5-7-13(16)14(12)17-8-10-18(11-9-17)15(2,3)4/h5-7H,8-11,16H2,1-4H3. The third-order valence-electron chi connectivity index (χ3n) is 3.81. The van der Waals surface area contributed by atoms with Crippen molar-refractivity contribution in [2.24, 2.45) is 0 Å². The summed E-state index contributed by atoms with van der Waals surface area (Å²) in [6, 6.07) is 6.17. The predicted molar refractivity (Wildman–Crippen MR) is 79.1 cm³/mol. The molecule has 1 aliphatic rings. The van der Waals surface area contributed by atoms with Gasteiger partial charge in [0.1, 0.15) is 0 Å². The summed E-state index contributed by atoms with van der Waals surface area (Å²) in [5.74, 6) is 0. The number of nitrogen functional groups attached to an aromatic ring is 1. The first-order valence-electron chi connectivity index (χ1n) is 6.74. The Morgan fingerprint density at radius 1 is 1.06 bits per heavy atom. The van der Waals surface area contributed by atoms with Crippen molar-refractivity contribution in [1.82, 2.24) is 4.90 Å². The molecule has 1 saturated heterocycles. The van der Waals surface area contributed by atoms with Gasteiger partial charge in [-0.05, 0) is 39.3 Å². The second-order valence-electron chi connectivity index (χ2n) is 6.16. The van der Waals surface area contributed by atoms with E-state index >= 15 is 0 Å². The summed E-state index contributed by atoms with van der Waals surface area (Å²) in [5.41, 5.74) is 9.79. The average molecular weight is 247 g/mol. The van der Waals surface area contributed by atoms with E-state index in [1.807, 2.05) is 12.1 Å². The molecule has 3 nitrogen and oxygen atoms in total. The maximum absolute atomic E-state index is 6.12. The highest BCUT2D eigenvalue weighted by Gasteiger charge is 2.26. The maximum atomic E-state index is 6.12. The van der Waals surface area contributed by atoms with E-state index in [1.54, 1.807) is 0 Å². The number of hydrogen-bond acceptors (Lipinski definition) is 3. The van der Waals surface area contributed by atoms with Gasteiger partial charge in [0.05, 0.1) is 11.4 Å². The SMILES string of the molecule is Cc1cccc(N)c1N1CCN(C(C)(C)C)CC1. The number of hydrogen-bond donors (Lipinski definition) is 1. The van der Waals surface area contributed by atoms with Gasteiger partial charge in [-0.15, -0.1) is 0 Å². The number of anilines is 2. The lowest BCUT2D eigenvalue weighted by Crippen LogP contribution is -2.53. The fourth-order valence-electron chi connectivity index (χ4n) is 2.71. The molecule has 18 heavy (non-hydrogen) atoms. The molecule has 2 rings (SSSR count). The molecule has 0 spiro atoms. The topological polar surface area (TPSA) is 32.5 Å². The summed E-state index contributed by atoms with van der Waals surface area (Å²) in [6.07, 6.45) is 0. The summed E-state index contributed by atoms with van der Waals surface area (Å²) in [6.45, 7) is 13.3. The molecule has 0 unspecified atom stereocenters. The van der Waals surface area contributed by atoms with Crippen molar-refractivity contribution >= 4 is 11.4 Å². The van der Waals surface area contributed by atoms with E-state index in [0.29, 0.717) is 0 Å². The van der Waals surface area contributed by atoms with Gasteiger partial charge in [0.25, 0.3) is 0 Å². The Kier molecular flexibility index (Phi) is 3.53. The van der Waals surface area contributed by atoms with Crippen LogP contribution in [0.3, 0.4) is 0 Å². The van der Waals surface area contributed by atoms with Crippen LogP contribution < -0.4 is 10.6 Å². The lowest BCUT2D eigenvalue weighted by Gasteiger charge is -2.43. The molecular formula is C15H25N3. The van der Waals surface area contributed by atoms with Crippen LogP contribution >= 0.6 is 0 Å². The first-order valence-corrected chi connectivity index (χ1v) is 6.74. The summed E-state index contributed by atoms with van der Waals surface area (Å²) in [5, 5.41) is 0. The molecule has 3 heteroatoms. The smallest absolute Gasteiger partial charge is 0.0630 e. The van der Waals surface area contributed by atoms with Gasteiger partial charge < -0.3 is 10.6 Å². The number of rotatable bonds is 1. The third kappa shape index (κ3) is 2.61. The Morgan fingerprint density at radius 2 is 1.67 bits per heavy atom. The zero-order valence-electron chi connectivity index (χ0n) is 12.0. The molecule has 1 aromatic carbocycles. The van der Waals surface area contributed by atoms with Crippen molar-refractivity contribution in [2.75, 3.05) is 36.8 Å². The Hall–Kier alpha value is -1.22. The largest absolute Gasteiger partial charge is 0.397 e. The molecule has 0 radical (unpaired) electrons. The molecule has 0 aliphatic carbocycles. The van der Waals surface area contributed by atoms with Crippen LogP contribution in [0.4, 0.5) is 11.4 Å². The maximum Gasteiger partial charge on any atom is 0.0630 e. The number of benzene rings is 1. The zero-order valence-corrected chi connectivity index (χ0v) is 12.0. The van der Waals surface area contributed by atoms with Crippen LogP contribution in [-0.4, -0.2) is 36.6 Å². The van der Waals surface area contributed by atoms with E-state index in [1.165, 1.54) is 11.3 Å². The summed E-state index contributed by atoms with van der Waals surface area (Å²) >= 11 is 0. The highest BCUT2D eigenvalue weighted by Crippen LogP contribution is 2.29. The number of piperazine rings is 1. The summed E-state index contributed by atoms with van der Waals surface area (Å²) in [7, 11) is 0. The molecule has 100 valence electrons. The Labute approximate surface area is 111 Å². The van der Waals surface area contributed by atoms with Gasteiger partial charge in [0.15, 0.2) is 0 Å². The van der Waals surface area contributed by atoms with Crippen molar-refractivity contribution in [3.05, 3.63) is 23.8 Å². The van der Waals surface area contributed by atoms with Crippen LogP contribution in [0.2, 0.25) is 0 Å². The van der Waals surface area contributed by atoms with Crippen LogP contribution in [0, 0.1) is 6.92 Å².